The van der Waals surface area contributed by atoms with Crippen molar-refractivity contribution in [3.05, 3.63) is 18.3 Å². The minimum Gasteiger partial charge on any atom is -0.399 e. The quantitative estimate of drug-likeness (QED) is 0.858. The first-order valence-corrected chi connectivity index (χ1v) is 7.01. The van der Waals surface area contributed by atoms with Crippen LogP contribution in [0.2, 0.25) is 0 Å². The summed E-state index contributed by atoms with van der Waals surface area (Å²) in [6.07, 6.45) is 1.45. The molecule has 0 radical (unpaired) electrons. The molecule has 20 heavy (non-hydrogen) atoms. The molecule has 3 rings (SSSR count). The minimum absolute atomic E-state index is 0.133. The largest absolute Gasteiger partial charge is 0.498 e. The maximum absolute atomic E-state index is 13.1. The average Bonchev–Trinajstić information content (AvgIpc) is 2.97. The molecular weight excluding hydrogens is 258 g/mol. The van der Waals surface area contributed by atoms with Crippen LogP contribution in [0.3, 0.4) is 0 Å². The number of rotatable bonds is 3. The smallest absolute Gasteiger partial charge is 0.399 e. The molecule has 1 saturated heterocycles. The van der Waals surface area contributed by atoms with Crippen LogP contribution >= 0.6 is 0 Å². The number of hydrogen-bond acceptors (Lipinski definition) is 4. The van der Waals surface area contributed by atoms with Gasteiger partial charge in [0.2, 0.25) is 0 Å². The highest BCUT2D eigenvalue weighted by Gasteiger charge is 2.52. The molecule has 1 aromatic rings. The highest BCUT2D eigenvalue weighted by Crippen LogP contribution is 2.37. The first-order chi connectivity index (χ1) is 9.30. The Bertz CT molecular complexity index is 508. The van der Waals surface area contributed by atoms with Crippen LogP contribution in [0.15, 0.2) is 18.3 Å². The zero-order valence-corrected chi connectivity index (χ0v) is 12.3. The Morgan fingerprint density at radius 1 is 1.30 bits per heavy atom. The molecule has 2 heterocycles. The van der Waals surface area contributed by atoms with Gasteiger partial charge in [-0.3, -0.25) is 0 Å². The monoisotopic (exact) mass is 278 g/mol. The molecule has 0 amide bonds. The number of halogens is 1. The Hall–Kier alpha value is -1.14. The Kier molecular flexibility index (Phi) is 3.06. The molecule has 2 fully saturated rings. The van der Waals surface area contributed by atoms with Crippen molar-refractivity contribution >= 4 is 18.4 Å². The number of hydrogen-bond donors (Lipinski definition) is 1. The Morgan fingerprint density at radius 2 is 1.90 bits per heavy atom. The second-order valence-corrected chi connectivity index (χ2v) is 6.53. The highest BCUT2D eigenvalue weighted by molar-refractivity contribution is 6.63. The van der Waals surface area contributed by atoms with E-state index in [0.29, 0.717) is 12.2 Å². The van der Waals surface area contributed by atoms with Gasteiger partial charge in [0.1, 0.15) is 12.0 Å². The lowest BCUT2D eigenvalue weighted by atomic mass is 9.79. The van der Waals surface area contributed by atoms with Crippen LogP contribution in [-0.4, -0.2) is 35.5 Å². The van der Waals surface area contributed by atoms with Crippen molar-refractivity contribution in [1.29, 1.82) is 0 Å². The Morgan fingerprint density at radius 3 is 2.45 bits per heavy atom. The van der Waals surface area contributed by atoms with E-state index < -0.39 is 24.5 Å². The summed E-state index contributed by atoms with van der Waals surface area (Å²) in [6.45, 7) is 8.04. The van der Waals surface area contributed by atoms with Crippen molar-refractivity contribution in [3.63, 3.8) is 0 Å². The van der Waals surface area contributed by atoms with Crippen molar-refractivity contribution < 1.29 is 13.7 Å². The fraction of sp³-hybridized carbons (Fsp3) is 0.643. The van der Waals surface area contributed by atoms with E-state index in [2.05, 4.69) is 10.3 Å². The van der Waals surface area contributed by atoms with Crippen LogP contribution in [0, 0.1) is 0 Å². The van der Waals surface area contributed by atoms with E-state index in [4.69, 9.17) is 9.31 Å². The number of alkyl halides is 1. The van der Waals surface area contributed by atoms with Crippen LogP contribution in [0.1, 0.15) is 34.1 Å². The first kappa shape index (κ1) is 13.8. The average molecular weight is 278 g/mol. The highest BCUT2D eigenvalue weighted by atomic mass is 19.1. The third-order valence-electron chi connectivity index (χ3n) is 4.38. The number of anilines is 1. The van der Waals surface area contributed by atoms with Crippen molar-refractivity contribution in [2.45, 2.75) is 57.5 Å². The predicted molar refractivity (Wildman–Crippen MR) is 76.9 cm³/mol. The van der Waals surface area contributed by atoms with Crippen LogP contribution in [0.25, 0.3) is 0 Å². The van der Waals surface area contributed by atoms with Gasteiger partial charge in [0.15, 0.2) is 0 Å². The number of aromatic nitrogens is 1. The van der Waals surface area contributed by atoms with Gasteiger partial charge in [0.25, 0.3) is 0 Å². The zero-order chi connectivity index (χ0) is 14.5. The van der Waals surface area contributed by atoms with Gasteiger partial charge in [-0.2, -0.15) is 0 Å². The molecule has 1 N–H and O–H groups in total. The van der Waals surface area contributed by atoms with E-state index in [1.165, 1.54) is 0 Å². The van der Waals surface area contributed by atoms with Crippen molar-refractivity contribution in [2.75, 3.05) is 5.32 Å². The second kappa shape index (κ2) is 4.43. The van der Waals surface area contributed by atoms with Crippen molar-refractivity contribution in [2.24, 2.45) is 0 Å². The molecule has 1 aliphatic carbocycles. The fourth-order valence-corrected chi connectivity index (χ4v) is 2.19. The number of nitrogens with zero attached hydrogens (tertiary/aromatic N) is 1. The molecule has 0 aromatic carbocycles. The summed E-state index contributed by atoms with van der Waals surface area (Å²) in [6, 6.07) is 3.62. The molecule has 1 aromatic heterocycles. The molecule has 0 bridgehead atoms. The van der Waals surface area contributed by atoms with Gasteiger partial charge in [-0.25, -0.2) is 9.37 Å². The van der Waals surface area contributed by atoms with E-state index in [1.54, 1.807) is 6.20 Å². The van der Waals surface area contributed by atoms with E-state index in [0.717, 1.165) is 5.46 Å². The Labute approximate surface area is 119 Å². The third-order valence-corrected chi connectivity index (χ3v) is 4.38. The number of pyridine rings is 1. The minimum atomic E-state index is -0.775. The van der Waals surface area contributed by atoms with Gasteiger partial charge < -0.3 is 14.6 Å². The summed E-state index contributed by atoms with van der Waals surface area (Å²) >= 11 is 0. The maximum atomic E-state index is 13.1. The molecule has 0 unspecified atom stereocenters. The third kappa shape index (κ3) is 2.31. The molecule has 4 nitrogen and oxygen atoms in total. The first-order valence-electron chi connectivity index (χ1n) is 7.01. The van der Waals surface area contributed by atoms with Gasteiger partial charge >= 0.3 is 7.12 Å². The summed E-state index contributed by atoms with van der Waals surface area (Å²) in [5, 5.41) is 3.12. The summed E-state index contributed by atoms with van der Waals surface area (Å²) in [7, 11) is -0.479. The van der Waals surface area contributed by atoms with Crippen LogP contribution in [-0.2, 0) is 9.31 Å². The molecule has 6 heteroatoms. The van der Waals surface area contributed by atoms with Crippen LogP contribution < -0.4 is 10.8 Å². The standard InChI is InChI=1S/C14H20BFN2O2/c1-13(2)14(3,4)20-15(19-13)9-6-5-7-17-12(9)18-11-8-10(11)16/h5-7,10-11H,8H2,1-4H3,(H,17,18)/t10-,11+/m0/s1. The summed E-state index contributed by atoms with van der Waals surface area (Å²) in [4.78, 5) is 4.30. The predicted octanol–water partition coefficient (Wildman–Crippen LogP) is 1.90. The maximum Gasteiger partial charge on any atom is 0.498 e. The zero-order valence-electron chi connectivity index (χ0n) is 12.3. The van der Waals surface area contributed by atoms with Gasteiger partial charge in [-0.05, 0) is 33.8 Å². The topological polar surface area (TPSA) is 43.4 Å². The normalized spacial score (nSPS) is 30.4. The molecular formula is C14H20BFN2O2. The van der Waals surface area contributed by atoms with E-state index >= 15 is 0 Å². The molecule has 2 aliphatic rings. The summed E-state index contributed by atoms with van der Waals surface area (Å²) < 4.78 is 25.1. The van der Waals surface area contributed by atoms with Crippen molar-refractivity contribution in [1.82, 2.24) is 4.98 Å². The lowest BCUT2D eigenvalue weighted by molar-refractivity contribution is 0.00578. The molecule has 1 aliphatic heterocycles. The summed E-state index contributed by atoms with van der Waals surface area (Å²) in [5.41, 5.74) is 0.0326. The molecule has 0 spiro atoms. The fourth-order valence-electron chi connectivity index (χ4n) is 2.19. The second-order valence-electron chi connectivity index (χ2n) is 6.53. The SMILES string of the molecule is CC1(C)OB(c2cccnc2N[C@@H]2C[C@@H]2F)OC1(C)C. The van der Waals surface area contributed by atoms with E-state index in [-0.39, 0.29) is 6.04 Å². The van der Waals surface area contributed by atoms with Gasteiger partial charge in [-0.15, -0.1) is 0 Å². The number of nitrogens with one attached hydrogen (secondary N) is 1. The lowest BCUT2D eigenvalue weighted by Crippen LogP contribution is -2.41. The Balaban J connectivity index is 1.84. The van der Waals surface area contributed by atoms with E-state index in [1.807, 2.05) is 39.8 Å². The van der Waals surface area contributed by atoms with E-state index in [9.17, 15) is 4.39 Å². The van der Waals surface area contributed by atoms with Crippen LogP contribution in [0.4, 0.5) is 10.2 Å². The van der Waals surface area contributed by atoms with Gasteiger partial charge in [0, 0.05) is 18.1 Å². The van der Waals surface area contributed by atoms with Gasteiger partial charge in [-0.1, -0.05) is 6.07 Å². The lowest BCUT2D eigenvalue weighted by Gasteiger charge is -2.32. The molecule has 2 atom stereocenters. The van der Waals surface area contributed by atoms with Crippen LogP contribution in [0.5, 0.6) is 0 Å². The molecule has 1 saturated carbocycles. The van der Waals surface area contributed by atoms with Crippen molar-refractivity contribution in [3.8, 4) is 0 Å². The molecule has 108 valence electrons. The van der Waals surface area contributed by atoms with Gasteiger partial charge in [0.05, 0.1) is 17.2 Å². The summed E-state index contributed by atoms with van der Waals surface area (Å²) in [5.74, 6) is 0.649.